The smallest absolute Gasteiger partial charge is 0.338 e. The third kappa shape index (κ3) is 3.35. The Labute approximate surface area is 133 Å². The van der Waals surface area contributed by atoms with Crippen LogP contribution in [0.15, 0.2) is 23.1 Å². The van der Waals surface area contributed by atoms with Crippen LogP contribution >= 0.6 is 0 Å². The van der Waals surface area contributed by atoms with Crippen molar-refractivity contribution in [3.63, 3.8) is 0 Å². The SMILES string of the molecule is CC(C)N1CCN(S(=O)(=O)c2ccc(F)c(C(=O)O)c2)CC1=O. The number of carbonyl (C=O) groups is 2. The largest absolute Gasteiger partial charge is 0.478 e. The van der Waals surface area contributed by atoms with Crippen LogP contribution in [0.5, 0.6) is 0 Å². The summed E-state index contributed by atoms with van der Waals surface area (Å²) in [4.78, 5) is 24.2. The number of nitrogens with zero attached hydrogens (tertiary/aromatic N) is 2. The van der Waals surface area contributed by atoms with Gasteiger partial charge in [0.2, 0.25) is 15.9 Å². The van der Waals surface area contributed by atoms with Crippen LogP contribution in [0.2, 0.25) is 0 Å². The van der Waals surface area contributed by atoms with Gasteiger partial charge in [-0.15, -0.1) is 0 Å². The first-order chi connectivity index (χ1) is 10.6. The fourth-order valence-electron chi connectivity index (χ4n) is 2.39. The summed E-state index contributed by atoms with van der Waals surface area (Å²) in [5.41, 5.74) is -0.724. The molecule has 1 N–H and O–H groups in total. The third-order valence-corrected chi connectivity index (χ3v) is 5.49. The van der Waals surface area contributed by atoms with Crippen LogP contribution in [-0.4, -0.2) is 60.3 Å². The van der Waals surface area contributed by atoms with Crippen molar-refractivity contribution in [2.24, 2.45) is 0 Å². The topological polar surface area (TPSA) is 95.0 Å². The van der Waals surface area contributed by atoms with E-state index in [1.54, 1.807) is 4.90 Å². The minimum absolute atomic E-state index is 0.0308. The molecule has 0 aliphatic carbocycles. The lowest BCUT2D eigenvalue weighted by molar-refractivity contribution is -0.135. The lowest BCUT2D eigenvalue weighted by Gasteiger charge is -2.36. The predicted molar refractivity (Wildman–Crippen MR) is 79.0 cm³/mol. The van der Waals surface area contributed by atoms with Gasteiger partial charge in [0, 0.05) is 19.1 Å². The van der Waals surface area contributed by atoms with Crippen molar-refractivity contribution in [3.8, 4) is 0 Å². The molecule has 1 saturated heterocycles. The van der Waals surface area contributed by atoms with Gasteiger partial charge in [-0.3, -0.25) is 4.79 Å². The number of benzene rings is 1. The number of carboxylic acid groups (broad SMARTS) is 1. The van der Waals surface area contributed by atoms with Crippen LogP contribution in [-0.2, 0) is 14.8 Å². The summed E-state index contributed by atoms with van der Waals surface area (Å²) < 4.78 is 39.5. The van der Waals surface area contributed by atoms with Crippen LogP contribution in [0, 0.1) is 5.82 Å². The molecule has 0 aromatic heterocycles. The van der Waals surface area contributed by atoms with Crippen molar-refractivity contribution < 1.29 is 27.5 Å². The predicted octanol–water partition coefficient (Wildman–Crippen LogP) is 0.765. The molecule has 1 amide bonds. The van der Waals surface area contributed by atoms with E-state index in [9.17, 15) is 22.4 Å². The fourth-order valence-corrected chi connectivity index (χ4v) is 3.80. The number of carboxylic acids is 1. The number of aromatic carboxylic acids is 1. The Morgan fingerprint density at radius 2 is 1.96 bits per heavy atom. The summed E-state index contributed by atoms with van der Waals surface area (Å²) in [5, 5.41) is 8.89. The van der Waals surface area contributed by atoms with Crippen molar-refractivity contribution in [3.05, 3.63) is 29.6 Å². The number of piperazine rings is 1. The first-order valence-corrected chi connectivity index (χ1v) is 8.41. The van der Waals surface area contributed by atoms with Gasteiger partial charge in [0.1, 0.15) is 5.82 Å². The molecule has 7 nitrogen and oxygen atoms in total. The molecule has 0 spiro atoms. The van der Waals surface area contributed by atoms with Gasteiger partial charge in [-0.2, -0.15) is 4.31 Å². The maximum atomic E-state index is 13.4. The van der Waals surface area contributed by atoms with E-state index in [0.29, 0.717) is 0 Å². The summed E-state index contributed by atoms with van der Waals surface area (Å²) in [6.45, 7) is 3.71. The van der Waals surface area contributed by atoms with Crippen LogP contribution in [0.4, 0.5) is 4.39 Å². The maximum Gasteiger partial charge on any atom is 0.338 e. The Kier molecular flexibility index (Phi) is 4.71. The fraction of sp³-hybridized carbons (Fsp3) is 0.429. The van der Waals surface area contributed by atoms with Gasteiger partial charge in [-0.25, -0.2) is 17.6 Å². The minimum Gasteiger partial charge on any atom is -0.478 e. The maximum absolute atomic E-state index is 13.4. The van der Waals surface area contributed by atoms with Crippen molar-refractivity contribution in [1.29, 1.82) is 0 Å². The highest BCUT2D eigenvalue weighted by Crippen LogP contribution is 2.21. The molecular weight excluding hydrogens is 327 g/mol. The van der Waals surface area contributed by atoms with Crippen molar-refractivity contribution in [2.45, 2.75) is 24.8 Å². The second-order valence-corrected chi connectivity index (χ2v) is 7.40. The van der Waals surface area contributed by atoms with E-state index in [1.165, 1.54) is 0 Å². The zero-order valence-corrected chi connectivity index (χ0v) is 13.5. The second kappa shape index (κ2) is 6.25. The van der Waals surface area contributed by atoms with Crippen molar-refractivity contribution >= 4 is 21.9 Å². The molecule has 1 aliphatic rings. The first-order valence-electron chi connectivity index (χ1n) is 6.97. The summed E-state index contributed by atoms with van der Waals surface area (Å²) in [5.74, 6) is -2.90. The highest BCUT2D eigenvalue weighted by atomic mass is 32.2. The molecule has 9 heteroatoms. The van der Waals surface area contributed by atoms with E-state index in [-0.39, 0.29) is 36.5 Å². The van der Waals surface area contributed by atoms with Crippen molar-refractivity contribution in [2.75, 3.05) is 19.6 Å². The van der Waals surface area contributed by atoms with Crippen LogP contribution in [0.3, 0.4) is 0 Å². The number of rotatable bonds is 4. The zero-order chi connectivity index (χ0) is 17.4. The molecule has 23 heavy (non-hydrogen) atoms. The van der Waals surface area contributed by atoms with Gasteiger partial charge in [-0.1, -0.05) is 0 Å². The molecule has 1 fully saturated rings. The molecular formula is C14H17FN2O5S. The molecule has 0 saturated carbocycles. The third-order valence-electron chi connectivity index (χ3n) is 3.65. The summed E-state index contributed by atoms with van der Waals surface area (Å²) >= 11 is 0. The highest BCUT2D eigenvalue weighted by Gasteiger charge is 2.34. The quantitative estimate of drug-likeness (QED) is 0.870. The molecule has 0 radical (unpaired) electrons. The Morgan fingerprint density at radius 1 is 1.30 bits per heavy atom. The molecule has 1 heterocycles. The van der Waals surface area contributed by atoms with Crippen molar-refractivity contribution in [1.82, 2.24) is 9.21 Å². The van der Waals surface area contributed by atoms with E-state index in [2.05, 4.69) is 0 Å². The van der Waals surface area contributed by atoms with E-state index >= 15 is 0 Å². The summed E-state index contributed by atoms with van der Waals surface area (Å²) in [6.07, 6.45) is 0. The van der Waals surface area contributed by atoms with Gasteiger partial charge < -0.3 is 10.0 Å². The Balaban J connectivity index is 2.31. The average Bonchev–Trinajstić information content (AvgIpc) is 2.46. The van der Waals surface area contributed by atoms with Gasteiger partial charge >= 0.3 is 5.97 Å². The standard InChI is InChI=1S/C14H17FN2O5S/c1-9(2)17-6-5-16(8-13(17)18)23(21,22)10-3-4-12(15)11(7-10)14(19)20/h3-4,7,9H,5-6,8H2,1-2H3,(H,19,20). The Bertz CT molecular complexity index is 748. The Hall–Kier alpha value is -2.00. The number of hydrogen-bond donors (Lipinski definition) is 1. The molecule has 2 rings (SSSR count). The zero-order valence-electron chi connectivity index (χ0n) is 12.7. The lowest BCUT2D eigenvalue weighted by Crippen LogP contribution is -2.54. The van der Waals surface area contributed by atoms with Gasteiger partial charge in [0.15, 0.2) is 0 Å². The van der Waals surface area contributed by atoms with Gasteiger partial charge in [0.05, 0.1) is 17.0 Å². The van der Waals surface area contributed by atoms with Crippen LogP contribution in [0.1, 0.15) is 24.2 Å². The Morgan fingerprint density at radius 3 is 2.48 bits per heavy atom. The molecule has 1 aromatic rings. The van der Waals surface area contributed by atoms with E-state index in [4.69, 9.17) is 5.11 Å². The number of carbonyl (C=O) groups excluding carboxylic acids is 1. The monoisotopic (exact) mass is 344 g/mol. The second-order valence-electron chi connectivity index (χ2n) is 5.47. The van der Waals surface area contributed by atoms with Crippen LogP contribution < -0.4 is 0 Å². The molecule has 126 valence electrons. The molecule has 1 aromatic carbocycles. The summed E-state index contributed by atoms with van der Waals surface area (Å²) in [7, 11) is -4.06. The molecule has 0 unspecified atom stereocenters. The highest BCUT2D eigenvalue weighted by molar-refractivity contribution is 7.89. The molecule has 0 atom stereocenters. The summed E-state index contributed by atoms with van der Waals surface area (Å²) in [6, 6.07) is 2.53. The molecule has 1 aliphatic heterocycles. The normalized spacial score (nSPS) is 16.9. The number of halogens is 1. The number of sulfonamides is 1. The van der Waals surface area contributed by atoms with E-state index in [0.717, 1.165) is 22.5 Å². The van der Waals surface area contributed by atoms with Gasteiger partial charge in [-0.05, 0) is 32.0 Å². The number of hydrogen-bond acceptors (Lipinski definition) is 4. The van der Waals surface area contributed by atoms with Crippen LogP contribution in [0.25, 0.3) is 0 Å². The first kappa shape index (κ1) is 17.4. The molecule has 0 bridgehead atoms. The number of amides is 1. The average molecular weight is 344 g/mol. The lowest BCUT2D eigenvalue weighted by atomic mass is 10.2. The van der Waals surface area contributed by atoms with Gasteiger partial charge in [0.25, 0.3) is 0 Å². The van der Waals surface area contributed by atoms with E-state index in [1.807, 2.05) is 13.8 Å². The minimum atomic E-state index is -4.06. The van der Waals surface area contributed by atoms with E-state index < -0.39 is 27.4 Å².